The molecule has 1 aromatic heterocycles. The van der Waals surface area contributed by atoms with Gasteiger partial charge in [0.1, 0.15) is 0 Å². The Balaban J connectivity index is 0.00000392. The smallest absolute Gasteiger partial charge is 0.224 e. The number of amides is 1. The number of nitrogens with zero attached hydrogens (tertiary/aromatic N) is 1. The van der Waals surface area contributed by atoms with E-state index in [1.165, 1.54) is 4.88 Å². The summed E-state index contributed by atoms with van der Waals surface area (Å²) in [5.41, 5.74) is 1.95. The standard InChI is InChI=1S/C21H30N4OS.HI/c1-5-8-19(26)25-17-10-6-9-16(13-17)14-23-20(22-4)24-15-21(2,3)18-11-7-12-27-18;/h6-7,9-13H,5,8,14-15H2,1-4H3,(H,25,26)(H2,22,23,24);1H. The van der Waals surface area contributed by atoms with Crippen molar-refractivity contribution in [3.8, 4) is 0 Å². The molecule has 0 aliphatic rings. The molecule has 0 spiro atoms. The molecule has 2 rings (SSSR count). The first-order chi connectivity index (χ1) is 12.9. The second-order valence-corrected chi connectivity index (χ2v) is 8.09. The quantitative estimate of drug-likeness (QED) is 0.271. The number of halogens is 1. The summed E-state index contributed by atoms with van der Waals surface area (Å²) in [6, 6.07) is 12.1. The van der Waals surface area contributed by atoms with Gasteiger partial charge in [0.2, 0.25) is 5.91 Å². The maximum absolute atomic E-state index is 11.8. The summed E-state index contributed by atoms with van der Waals surface area (Å²) in [5, 5.41) is 11.8. The van der Waals surface area contributed by atoms with Gasteiger partial charge < -0.3 is 16.0 Å². The molecular weight excluding hydrogens is 483 g/mol. The monoisotopic (exact) mass is 514 g/mol. The highest BCUT2D eigenvalue weighted by Crippen LogP contribution is 2.26. The molecule has 0 aliphatic heterocycles. The summed E-state index contributed by atoms with van der Waals surface area (Å²) in [5.74, 6) is 0.816. The molecule has 7 heteroatoms. The molecule has 154 valence electrons. The first-order valence-corrected chi connectivity index (χ1v) is 10.2. The van der Waals surface area contributed by atoms with Crippen LogP contribution in [0.15, 0.2) is 46.8 Å². The van der Waals surface area contributed by atoms with Gasteiger partial charge in [-0.15, -0.1) is 35.3 Å². The minimum Gasteiger partial charge on any atom is -0.356 e. The van der Waals surface area contributed by atoms with Crippen molar-refractivity contribution in [1.29, 1.82) is 0 Å². The van der Waals surface area contributed by atoms with Gasteiger partial charge in [0.15, 0.2) is 5.96 Å². The molecule has 1 heterocycles. The normalized spacial score (nSPS) is 11.5. The van der Waals surface area contributed by atoms with E-state index in [9.17, 15) is 4.79 Å². The second kappa shape index (κ2) is 12.1. The molecule has 0 saturated carbocycles. The Morgan fingerprint density at radius 1 is 1.18 bits per heavy atom. The number of hydrogen-bond acceptors (Lipinski definition) is 3. The van der Waals surface area contributed by atoms with Gasteiger partial charge in [0.25, 0.3) is 0 Å². The van der Waals surface area contributed by atoms with E-state index in [2.05, 4.69) is 52.3 Å². The van der Waals surface area contributed by atoms with E-state index >= 15 is 0 Å². The molecule has 28 heavy (non-hydrogen) atoms. The van der Waals surface area contributed by atoms with Crippen LogP contribution in [0.25, 0.3) is 0 Å². The summed E-state index contributed by atoms with van der Waals surface area (Å²) < 4.78 is 0. The third kappa shape index (κ3) is 7.79. The molecule has 0 atom stereocenters. The van der Waals surface area contributed by atoms with Crippen molar-refractivity contribution in [1.82, 2.24) is 10.6 Å². The van der Waals surface area contributed by atoms with E-state index in [4.69, 9.17) is 0 Å². The predicted octanol–water partition coefficient (Wildman–Crippen LogP) is 4.75. The van der Waals surface area contributed by atoms with Crippen LogP contribution in [0, 0.1) is 0 Å². The molecule has 0 bridgehead atoms. The van der Waals surface area contributed by atoms with Crippen molar-refractivity contribution >= 4 is 52.9 Å². The average molecular weight is 514 g/mol. The largest absolute Gasteiger partial charge is 0.356 e. The third-order valence-electron chi connectivity index (χ3n) is 4.26. The highest BCUT2D eigenvalue weighted by molar-refractivity contribution is 14.0. The minimum atomic E-state index is 0. The summed E-state index contributed by atoms with van der Waals surface area (Å²) >= 11 is 1.77. The van der Waals surface area contributed by atoms with Crippen LogP contribution >= 0.6 is 35.3 Å². The lowest BCUT2D eigenvalue weighted by Gasteiger charge is -2.25. The summed E-state index contributed by atoms with van der Waals surface area (Å²) in [4.78, 5) is 17.4. The first kappa shape index (κ1) is 24.4. The van der Waals surface area contributed by atoms with Crippen LogP contribution in [0.3, 0.4) is 0 Å². The first-order valence-electron chi connectivity index (χ1n) is 9.32. The number of guanidine groups is 1. The van der Waals surface area contributed by atoms with Gasteiger partial charge in [-0.25, -0.2) is 0 Å². The van der Waals surface area contributed by atoms with Gasteiger partial charge in [-0.05, 0) is 35.6 Å². The molecule has 0 aliphatic carbocycles. The van der Waals surface area contributed by atoms with E-state index in [1.807, 2.05) is 31.2 Å². The number of rotatable bonds is 8. The number of carbonyl (C=O) groups excluding carboxylic acids is 1. The molecular formula is C21H31IN4OS. The molecule has 2 aromatic rings. The molecule has 1 aromatic carbocycles. The number of carbonyl (C=O) groups is 1. The van der Waals surface area contributed by atoms with Gasteiger partial charge >= 0.3 is 0 Å². The Kier molecular flexibility index (Phi) is 10.5. The predicted molar refractivity (Wildman–Crippen MR) is 131 cm³/mol. The van der Waals surface area contributed by atoms with E-state index in [0.717, 1.165) is 30.2 Å². The third-order valence-corrected chi connectivity index (χ3v) is 5.49. The van der Waals surface area contributed by atoms with E-state index in [-0.39, 0.29) is 35.3 Å². The maximum atomic E-state index is 11.8. The lowest BCUT2D eigenvalue weighted by Crippen LogP contribution is -2.42. The zero-order valence-electron chi connectivity index (χ0n) is 17.0. The Hall–Kier alpha value is -1.61. The van der Waals surface area contributed by atoms with Crippen molar-refractivity contribution in [3.63, 3.8) is 0 Å². The molecule has 3 N–H and O–H groups in total. The number of anilines is 1. The number of benzene rings is 1. The molecule has 1 amide bonds. The number of aliphatic imine (C=N–C) groups is 1. The van der Waals surface area contributed by atoms with Crippen LogP contribution in [0.4, 0.5) is 5.69 Å². The van der Waals surface area contributed by atoms with Crippen molar-refractivity contribution in [3.05, 3.63) is 52.2 Å². The molecule has 0 saturated heterocycles. The lowest BCUT2D eigenvalue weighted by molar-refractivity contribution is -0.116. The molecule has 0 unspecified atom stereocenters. The van der Waals surface area contributed by atoms with E-state index < -0.39 is 0 Å². The molecule has 0 fully saturated rings. The van der Waals surface area contributed by atoms with Gasteiger partial charge in [-0.2, -0.15) is 0 Å². The van der Waals surface area contributed by atoms with Gasteiger partial charge in [-0.1, -0.05) is 39.0 Å². The second-order valence-electron chi connectivity index (χ2n) is 7.14. The number of nitrogens with one attached hydrogen (secondary N) is 3. The summed E-state index contributed by atoms with van der Waals surface area (Å²) in [6.45, 7) is 7.87. The van der Waals surface area contributed by atoms with Crippen molar-refractivity contribution in [2.75, 3.05) is 18.9 Å². The fraction of sp³-hybridized carbons (Fsp3) is 0.429. The van der Waals surface area contributed by atoms with Crippen molar-refractivity contribution < 1.29 is 4.79 Å². The summed E-state index contributed by atoms with van der Waals surface area (Å²) in [6.07, 6.45) is 1.38. The average Bonchev–Trinajstić information content (AvgIpc) is 3.18. The van der Waals surface area contributed by atoms with Crippen molar-refractivity contribution in [2.45, 2.75) is 45.6 Å². The Morgan fingerprint density at radius 3 is 2.61 bits per heavy atom. The Bertz CT molecular complexity index is 760. The van der Waals surface area contributed by atoms with Crippen LogP contribution in [0.2, 0.25) is 0 Å². The van der Waals surface area contributed by atoms with Gasteiger partial charge in [-0.3, -0.25) is 9.79 Å². The number of thiophene rings is 1. The zero-order chi connectivity index (χ0) is 19.7. The SMILES string of the molecule is CCCC(=O)Nc1cccc(CNC(=NC)NCC(C)(C)c2cccs2)c1.I. The topological polar surface area (TPSA) is 65.5 Å². The molecule has 0 radical (unpaired) electrons. The van der Waals surface area contributed by atoms with Crippen LogP contribution in [0.1, 0.15) is 44.1 Å². The van der Waals surface area contributed by atoms with E-state index in [1.54, 1.807) is 18.4 Å². The maximum Gasteiger partial charge on any atom is 0.224 e. The highest BCUT2D eigenvalue weighted by Gasteiger charge is 2.21. The Labute approximate surface area is 189 Å². The van der Waals surface area contributed by atoms with Gasteiger partial charge in [0, 0.05) is 42.5 Å². The van der Waals surface area contributed by atoms with Crippen molar-refractivity contribution in [2.24, 2.45) is 4.99 Å². The fourth-order valence-corrected chi connectivity index (χ4v) is 3.52. The highest BCUT2D eigenvalue weighted by atomic mass is 127. The minimum absolute atomic E-state index is 0. The summed E-state index contributed by atoms with van der Waals surface area (Å²) in [7, 11) is 1.77. The van der Waals surface area contributed by atoms with E-state index in [0.29, 0.717) is 13.0 Å². The van der Waals surface area contributed by atoms with Crippen LogP contribution in [0.5, 0.6) is 0 Å². The fourth-order valence-electron chi connectivity index (χ4n) is 2.67. The van der Waals surface area contributed by atoms with Gasteiger partial charge in [0.05, 0.1) is 0 Å². The Morgan fingerprint density at radius 2 is 1.96 bits per heavy atom. The van der Waals surface area contributed by atoms with Crippen LogP contribution in [-0.2, 0) is 16.8 Å². The van der Waals surface area contributed by atoms with Crippen LogP contribution in [-0.4, -0.2) is 25.5 Å². The zero-order valence-corrected chi connectivity index (χ0v) is 20.2. The molecule has 5 nitrogen and oxygen atoms in total. The van der Waals surface area contributed by atoms with Crippen LogP contribution < -0.4 is 16.0 Å². The number of hydrogen-bond donors (Lipinski definition) is 3. The lowest BCUT2D eigenvalue weighted by atomic mass is 9.91.